The van der Waals surface area contributed by atoms with Crippen molar-refractivity contribution < 1.29 is 19.1 Å². The number of rotatable bonds is 9. The average Bonchev–Trinajstić information content (AvgIpc) is 2.64. The van der Waals surface area contributed by atoms with Crippen LogP contribution >= 0.6 is 11.6 Å². The summed E-state index contributed by atoms with van der Waals surface area (Å²) in [5, 5.41) is 3.37. The van der Waals surface area contributed by atoms with Crippen molar-refractivity contribution >= 4 is 23.5 Å². The van der Waals surface area contributed by atoms with E-state index in [0.717, 1.165) is 5.56 Å². The summed E-state index contributed by atoms with van der Waals surface area (Å²) in [7, 11) is 0. The van der Waals surface area contributed by atoms with Crippen molar-refractivity contribution in [3.8, 4) is 5.75 Å². The molecule has 138 valence electrons. The van der Waals surface area contributed by atoms with Crippen LogP contribution in [0.15, 0.2) is 54.6 Å². The quantitative estimate of drug-likeness (QED) is 0.675. The third-order valence-corrected chi connectivity index (χ3v) is 3.95. The lowest BCUT2D eigenvalue weighted by Gasteiger charge is -2.18. The number of esters is 1. The van der Waals surface area contributed by atoms with Crippen LogP contribution in [0.5, 0.6) is 5.75 Å². The van der Waals surface area contributed by atoms with E-state index < -0.39 is 6.04 Å². The van der Waals surface area contributed by atoms with E-state index in [1.165, 1.54) is 0 Å². The molecule has 0 aromatic heterocycles. The summed E-state index contributed by atoms with van der Waals surface area (Å²) >= 11 is 6.01. The van der Waals surface area contributed by atoms with E-state index in [-0.39, 0.29) is 31.3 Å². The summed E-state index contributed by atoms with van der Waals surface area (Å²) in [6.07, 6.45) is 0.229. The number of hydrogen-bond acceptors (Lipinski definition) is 4. The Labute approximate surface area is 158 Å². The molecule has 26 heavy (non-hydrogen) atoms. The van der Waals surface area contributed by atoms with E-state index in [9.17, 15) is 9.59 Å². The van der Waals surface area contributed by atoms with Gasteiger partial charge in [-0.2, -0.15) is 0 Å². The zero-order valence-corrected chi connectivity index (χ0v) is 15.4. The third kappa shape index (κ3) is 6.41. The molecule has 6 heteroatoms. The van der Waals surface area contributed by atoms with E-state index in [2.05, 4.69) is 5.32 Å². The molecule has 0 fully saturated rings. The van der Waals surface area contributed by atoms with Crippen molar-refractivity contribution in [2.24, 2.45) is 0 Å². The zero-order valence-electron chi connectivity index (χ0n) is 14.6. The predicted molar refractivity (Wildman–Crippen MR) is 100 cm³/mol. The fourth-order valence-corrected chi connectivity index (χ4v) is 2.60. The third-order valence-electron chi connectivity index (χ3n) is 3.64. The Morgan fingerprint density at radius 2 is 1.77 bits per heavy atom. The fraction of sp³-hybridized carbons (Fsp3) is 0.300. The maximum Gasteiger partial charge on any atom is 0.308 e. The smallest absolute Gasteiger partial charge is 0.308 e. The number of carbonyl (C=O) groups is 2. The summed E-state index contributed by atoms with van der Waals surface area (Å²) in [6, 6.07) is 16.0. The topological polar surface area (TPSA) is 64.6 Å². The fourth-order valence-electron chi connectivity index (χ4n) is 2.41. The summed E-state index contributed by atoms with van der Waals surface area (Å²) in [5.41, 5.74) is 0.848. The minimum atomic E-state index is -0.442. The standard InChI is InChI=1S/C20H22ClNO4/c1-2-25-20(24)14-17(15-8-4-3-5-9-15)22-19(23)12-13-26-18-11-7-6-10-16(18)21/h3-11,17H,2,12-14H2,1H3,(H,22,23). The van der Waals surface area contributed by atoms with Gasteiger partial charge in [-0.3, -0.25) is 9.59 Å². The highest BCUT2D eigenvalue weighted by atomic mass is 35.5. The Bertz CT molecular complexity index is 721. The molecule has 0 spiro atoms. The number of amides is 1. The van der Waals surface area contributed by atoms with Gasteiger partial charge in [-0.05, 0) is 24.6 Å². The minimum absolute atomic E-state index is 0.0783. The second-order valence-corrected chi connectivity index (χ2v) is 5.98. The lowest BCUT2D eigenvalue weighted by molar-refractivity contribution is -0.143. The average molecular weight is 376 g/mol. The van der Waals surface area contributed by atoms with Gasteiger partial charge in [-0.15, -0.1) is 0 Å². The highest BCUT2D eigenvalue weighted by molar-refractivity contribution is 6.32. The number of halogens is 1. The molecule has 1 amide bonds. The molecular formula is C20H22ClNO4. The van der Waals surface area contributed by atoms with Crippen LogP contribution < -0.4 is 10.1 Å². The maximum atomic E-state index is 12.3. The molecule has 0 aliphatic carbocycles. The van der Waals surface area contributed by atoms with E-state index in [1.807, 2.05) is 42.5 Å². The summed E-state index contributed by atoms with van der Waals surface area (Å²) in [6.45, 7) is 2.25. The number of ether oxygens (including phenoxy) is 2. The molecule has 0 heterocycles. The molecule has 2 aromatic carbocycles. The van der Waals surface area contributed by atoms with Crippen LogP contribution in [0.1, 0.15) is 31.4 Å². The number of nitrogens with one attached hydrogen (secondary N) is 1. The van der Waals surface area contributed by atoms with Crippen molar-refractivity contribution in [2.45, 2.75) is 25.8 Å². The van der Waals surface area contributed by atoms with Crippen LogP contribution in [0.25, 0.3) is 0 Å². The molecule has 2 aromatic rings. The number of carbonyl (C=O) groups excluding carboxylic acids is 2. The monoisotopic (exact) mass is 375 g/mol. The van der Waals surface area contributed by atoms with Crippen LogP contribution in [-0.2, 0) is 14.3 Å². The Balaban J connectivity index is 1.91. The van der Waals surface area contributed by atoms with Gasteiger partial charge in [-0.25, -0.2) is 0 Å². The lowest BCUT2D eigenvalue weighted by atomic mass is 10.0. The first-order valence-corrected chi connectivity index (χ1v) is 8.85. The van der Waals surface area contributed by atoms with Crippen LogP contribution in [0.3, 0.4) is 0 Å². The van der Waals surface area contributed by atoms with Crippen molar-refractivity contribution in [1.82, 2.24) is 5.32 Å². The Hall–Kier alpha value is -2.53. The van der Waals surface area contributed by atoms with E-state index in [1.54, 1.807) is 19.1 Å². The summed E-state index contributed by atoms with van der Waals surface area (Å²) in [4.78, 5) is 24.1. The highest BCUT2D eigenvalue weighted by Crippen LogP contribution is 2.23. The van der Waals surface area contributed by atoms with Gasteiger partial charge in [0.25, 0.3) is 0 Å². The van der Waals surface area contributed by atoms with Gasteiger partial charge >= 0.3 is 5.97 Å². The number of benzene rings is 2. The second kappa shape index (κ2) is 10.5. The van der Waals surface area contributed by atoms with Gasteiger partial charge in [0.2, 0.25) is 5.91 Å². The van der Waals surface area contributed by atoms with Crippen LogP contribution in [0, 0.1) is 0 Å². The second-order valence-electron chi connectivity index (χ2n) is 5.57. The van der Waals surface area contributed by atoms with E-state index in [0.29, 0.717) is 17.4 Å². The predicted octanol–water partition coefficient (Wildman–Crippen LogP) is 3.92. The first-order chi connectivity index (χ1) is 12.6. The molecule has 0 aliphatic rings. The first kappa shape index (κ1) is 19.8. The summed E-state index contributed by atoms with van der Waals surface area (Å²) < 4.78 is 10.5. The van der Waals surface area contributed by atoms with Crippen molar-refractivity contribution in [3.05, 3.63) is 65.2 Å². The molecule has 5 nitrogen and oxygen atoms in total. The molecule has 0 radical (unpaired) electrons. The SMILES string of the molecule is CCOC(=O)CC(NC(=O)CCOc1ccccc1Cl)c1ccccc1. The van der Waals surface area contributed by atoms with Crippen molar-refractivity contribution in [2.75, 3.05) is 13.2 Å². The zero-order chi connectivity index (χ0) is 18.8. The molecule has 2 rings (SSSR count). The summed E-state index contributed by atoms with van der Waals surface area (Å²) in [5.74, 6) is -0.0303. The first-order valence-electron chi connectivity index (χ1n) is 8.47. The van der Waals surface area contributed by atoms with Crippen LogP contribution in [0.2, 0.25) is 5.02 Å². The molecule has 0 bridgehead atoms. The Morgan fingerprint density at radius 3 is 2.46 bits per heavy atom. The van der Waals surface area contributed by atoms with Gasteiger partial charge in [0.15, 0.2) is 0 Å². The van der Waals surface area contributed by atoms with E-state index in [4.69, 9.17) is 21.1 Å². The highest BCUT2D eigenvalue weighted by Gasteiger charge is 2.19. The number of hydrogen-bond donors (Lipinski definition) is 1. The molecular weight excluding hydrogens is 354 g/mol. The van der Waals surface area contributed by atoms with E-state index >= 15 is 0 Å². The van der Waals surface area contributed by atoms with Gasteiger partial charge in [0, 0.05) is 0 Å². The van der Waals surface area contributed by atoms with Gasteiger partial charge in [-0.1, -0.05) is 54.1 Å². The van der Waals surface area contributed by atoms with Gasteiger partial charge in [0.1, 0.15) is 5.75 Å². The van der Waals surface area contributed by atoms with Crippen LogP contribution in [0.4, 0.5) is 0 Å². The molecule has 0 saturated heterocycles. The maximum absolute atomic E-state index is 12.3. The van der Waals surface area contributed by atoms with Crippen LogP contribution in [-0.4, -0.2) is 25.1 Å². The van der Waals surface area contributed by atoms with Gasteiger partial charge in [0.05, 0.1) is 37.1 Å². The Morgan fingerprint density at radius 1 is 1.08 bits per heavy atom. The molecule has 0 aliphatic heterocycles. The molecule has 1 N–H and O–H groups in total. The largest absolute Gasteiger partial charge is 0.491 e. The van der Waals surface area contributed by atoms with Crippen molar-refractivity contribution in [3.63, 3.8) is 0 Å². The van der Waals surface area contributed by atoms with Gasteiger partial charge < -0.3 is 14.8 Å². The molecule has 1 atom stereocenters. The molecule has 0 saturated carbocycles. The normalized spacial score (nSPS) is 11.5. The molecule has 1 unspecified atom stereocenters. The minimum Gasteiger partial charge on any atom is -0.491 e. The van der Waals surface area contributed by atoms with Crippen molar-refractivity contribution in [1.29, 1.82) is 0 Å². The lowest BCUT2D eigenvalue weighted by Crippen LogP contribution is -2.31. The Kier molecular flexibility index (Phi) is 7.96. The number of para-hydroxylation sites is 1.